The molecule has 0 aromatic heterocycles. The second-order valence-electron chi connectivity index (χ2n) is 15.1. The molecule has 0 spiro atoms. The van der Waals surface area contributed by atoms with E-state index in [4.69, 9.17) is 17.5 Å². The van der Waals surface area contributed by atoms with E-state index in [9.17, 15) is 0 Å². The Hall–Kier alpha value is -0.170. The summed E-state index contributed by atoms with van der Waals surface area (Å²) in [7, 11) is 0.274. The summed E-state index contributed by atoms with van der Waals surface area (Å²) in [6, 6.07) is 0. The maximum Gasteiger partial charge on any atom is 0.394 e. The van der Waals surface area contributed by atoms with Gasteiger partial charge in [0, 0.05) is 0 Å². The highest BCUT2D eigenvalue weighted by atomic mass is 32.3. The van der Waals surface area contributed by atoms with Crippen molar-refractivity contribution in [2.75, 3.05) is 27.2 Å². The highest BCUT2D eigenvalue weighted by molar-refractivity contribution is 7.79. The van der Waals surface area contributed by atoms with E-state index in [0.29, 0.717) is 0 Å². The number of unbranched alkanes of at least 4 members (excludes halogenated alkanes) is 32. The molecular formula is C40H86NO4S+. The third kappa shape index (κ3) is 50.7. The first-order chi connectivity index (χ1) is 22.1. The zero-order valence-corrected chi connectivity index (χ0v) is 32.8. The van der Waals surface area contributed by atoms with Gasteiger partial charge >= 0.3 is 10.4 Å². The molecule has 0 aliphatic carbocycles. The predicted molar refractivity (Wildman–Crippen MR) is 204 cm³/mol. The Morgan fingerprint density at radius 3 is 0.609 bits per heavy atom. The van der Waals surface area contributed by atoms with Crippen LogP contribution in [-0.4, -0.2) is 49.2 Å². The van der Waals surface area contributed by atoms with E-state index in [2.05, 4.69) is 27.9 Å². The van der Waals surface area contributed by atoms with Gasteiger partial charge in [0.2, 0.25) is 0 Å². The SMILES string of the molecule is CCCCCCCCCCCCCCCCCCCCCC[N+](C)(C)CCCCCCCCCCCCCCCC.O=S(=O)(O)O. The van der Waals surface area contributed by atoms with Crippen molar-refractivity contribution in [2.24, 2.45) is 0 Å². The van der Waals surface area contributed by atoms with E-state index in [1.807, 2.05) is 0 Å². The molecule has 0 unspecified atom stereocenters. The molecule has 0 atom stereocenters. The third-order valence-corrected chi connectivity index (χ3v) is 9.73. The first kappa shape index (κ1) is 47.9. The lowest BCUT2D eigenvalue weighted by molar-refractivity contribution is -0.890. The lowest BCUT2D eigenvalue weighted by Crippen LogP contribution is -2.41. The molecule has 0 radical (unpaired) electrons. The number of quaternary nitrogens is 1. The van der Waals surface area contributed by atoms with Crippen LogP contribution in [-0.2, 0) is 10.4 Å². The van der Waals surface area contributed by atoms with E-state index < -0.39 is 10.4 Å². The van der Waals surface area contributed by atoms with Gasteiger partial charge in [0.25, 0.3) is 0 Å². The number of hydrogen-bond donors (Lipinski definition) is 2. The summed E-state index contributed by atoms with van der Waals surface area (Å²) in [5.41, 5.74) is 0. The van der Waals surface area contributed by atoms with Crippen molar-refractivity contribution in [3.05, 3.63) is 0 Å². The molecule has 0 fully saturated rings. The quantitative estimate of drug-likeness (QED) is 0.0393. The molecule has 0 amide bonds. The average molecular weight is 677 g/mol. The molecule has 0 saturated heterocycles. The van der Waals surface area contributed by atoms with Gasteiger partial charge in [-0.3, -0.25) is 9.11 Å². The normalized spacial score (nSPS) is 12.0. The van der Waals surface area contributed by atoms with E-state index in [1.165, 1.54) is 236 Å². The fraction of sp³-hybridized carbons (Fsp3) is 1.00. The van der Waals surface area contributed by atoms with Crippen LogP contribution in [0.15, 0.2) is 0 Å². The first-order valence-corrected chi connectivity index (χ1v) is 22.0. The zero-order chi connectivity index (χ0) is 34.5. The Bertz CT molecular complexity index is 660. The van der Waals surface area contributed by atoms with Gasteiger partial charge < -0.3 is 4.48 Å². The van der Waals surface area contributed by atoms with Crippen LogP contribution in [0.2, 0.25) is 0 Å². The summed E-state index contributed by atoms with van der Waals surface area (Å²) in [5, 5.41) is 0. The summed E-state index contributed by atoms with van der Waals surface area (Å²) in [6.45, 7) is 7.39. The standard InChI is InChI=1S/C40H84N.H2O4S/c1-5-7-9-11-13-15-17-19-21-22-23-24-25-26-28-30-32-34-36-38-40-41(3,4)39-37-35-33-31-29-27-20-18-16-14-12-10-8-6-2;1-5(2,3)4/h5-40H2,1-4H3;(H2,1,2,3,4)/q+1;. The molecule has 0 rings (SSSR count). The smallest absolute Gasteiger partial charge is 0.328 e. The van der Waals surface area contributed by atoms with Crippen LogP contribution in [0.25, 0.3) is 0 Å². The average Bonchev–Trinajstić information content (AvgIpc) is 2.99. The molecule has 2 N–H and O–H groups in total. The van der Waals surface area contributed by atoms with Crippen molar-refractivity contribution in [2.45, 2.75) is 232 Å². The molecule has 280 valence electrons. The van der Waals surface area contributed by atoms with Crippen molar-refractivity contribution in [1.29, 1.82) is 0 Å². The molecule has 0 aliphatic heterocycles. The van der Waals surface area contributed by atoms with Gasteiger partial charge in [-0.05, 0) is 25.7 Å². The molecule has 0 saturated carbocycles. The van der Waals surface area contributed by atoms with Gasteiger partial charge in [0.1, 0.15) is 0 Å². The van der Waals surface area contributed by atoms with Crippen LogP contribution in [0.3, 0.4) is 0 Å². The Labute approximate surface area is 291 Å². The minimum absolute atomic E-state index is 1.25. The van der Waals surface area contributed by atoms with Gasteiger partial charge in [-0.25, -0.2) is 0 Å². The molecule has 0 aromatic carbocycles. The van der Waals surface area contributed by atoms with Gasteiger partial charge in [0.15, 0.2) is 0 Å². The Morgan fingerprint density at radius 1 is 0.326 bits per heavy atom. The van der Waals surface area contributed by atoms with Crippen molar-refractivity contribution in [3.8, 4) is 0 Å². The largest absolute Gasteiger partial charge is 0.394 e. The second kappa shape index (κ2) is 37.6. The fourth-order valence-electron chi connectivity index (χ4n) is 6.64. The summed E-state index contributed by atoms with van der Waals surface area (Å²) >= 11 is 0. The van der Waals surface area contributed by atoms with Crippen molar-refractivity contribution in [1.82, 2.24) is 0 Å². The molecule has 0 heterocycles. The van der Waals surface area contributed by atoms with Crippen molar-refractivity contribution < 1.29 is 22.0 Å². The second-order valence-corrected chi connectivity index (χ2v) is 16.0. The van der Waals surface area contributed by atoms with Crippen LogP contribution >= 0.6 is 0 Å². The molecule has 0 bridgehead atoms. The molecular weight excluding hydrogens is 591 g/mol. The van der Waals surface area contributed by atoms with Crippen LogP contribution in [0.5, 0.6) is 0 Å². The Balaban J connectivity index is 0. The minimum atomic E-state index is -4.67. The highest BCUT2D eigenvalue weighted by Gasteiger charge is 2.13. The topological polar surface area (TPSA) is 74.6 Å². The van der Waals surface area contributed by atoms with Crippen LogP contribution in [0, 0.1) is 0 Å². The predicted octanol–water partition coefficient (Wildman–Crippen LogP) is 13.7. The molecule has 0 aliphatic rings. The summed E-state index contributed by atoms with van der Waals surface area (Å²) in [5.74, 6) is 0. The van der Waals surface area contributed by atoms with Gasteiger partial charge in [-0.15, -0.1) is 0 Å². The molecule has 5 nitrogen and oxygen atoms in total. The zero-order valence-electron chi connectivity index (χ0n) is 32.0. The number of nitrogens with zero attached hydrogens (tertiary/aromatic N) is 1. The van der Waals surface area contributed by atoms with E-state index in [-0.39, 0.29) is 0 Å². The van der Waals surface area contributed by atoms with E-state index in [0.717, 1.165) is 0 Å². The van der Waals surface area contributed by atoms with Crippen LogP contribution in [0.4, 0.5) is 0 Å². The maximum atomic E-state index is 8.74. The van der Waals surface area contributed by atoms with Crippen LogP contribution in [0.1, 0.15) is 232 Å². The fourth-order valence-corrected chi connectivity index (χ4v) is 6.64. The van der Waals surface area contributed by atoms with E-state index in [1.54, 1.807) is 0 Å². The summed E-state index contributed by atoms with van der Waals surface area (Å²) in [6.07, 6.45) is 49.9. The third-order valence-electron chi connectivity index (χ3n) is 9.73. The lowest BCUT2D eigenvalue weighted by Gasteiger charge is -2.30. The summed E-state index contributed by atoms with van der Waals surface area (Å²) in [4.78, 5) is 0. The van der Waals surface area contributed by atoms with Crippen molar-refractivity contribution in [3.63, 3.8) is 0 Å². The molecule has 0 aromatic rings. The Kier molecular flexibility index (Phi) is 39.2. The Morgan fingerprint density at radius 2 is 0.457 bits per heavy atom. The molecule has 46 heavy (non-hydrogen) atoms. The lowest BCUT2D eigenvalue weighted by atomic mass is 10.0. The van der Waals surface area contributed by atoms with Gasteiger partial charge in [0.05, 0.1) is 27.2 Å². The number of rotatable bonds is 36. The van der Waals surface area contributed by atoms with Gasteiger partial charge in [-0.2, -0.15) is 8.42 Å². The minimum Gasteiger partial charge on any atom is -0.328 e. The summed E-state index contributed by atoms with van der Waals surface area (Å²) < 4.78 is 32.8. The highest BCUT2D eigenvalue weighted by Crippen LogP contribution is 2.16. The number of hydrogen-bond acceptors (Lipinski definition) is 2. The van der Waals surface area contributed by atoms with E-state index >= 15 is 0 Å². The monoisotopic (exact) mass is 677 g/mol. The van der Waals surface area contributed by atoms with Gasteiger partial charge in [-0.1, -0.05) is 206 Å². The van der Waals surface area contributed by atoms with Crippen LogP contribution < -0.4 is 0 Å². The maximum absolute atomic E-state index is 8.74. The van der Waals surface area contributed by atoms with Crippen molar-refractivity contribution >= 4 is 10.4 Å². The first-order valence-electron chi connectivity index (χ1n) is 20.6. The molecule has 6 heteroatoms.